The van der Waals surface area contributed by atoms with Gasteiger partial charge >= 0.3 is 0 Å². The first-order valence-electron chi connectivity index (χ1n) is 8.09. The van der Waals surface area contributed by atoms with Crippen molar-refractivity contribution >= 4 is 28.1 Å². The number of ether oxygens (including phenoxy) is 1. The Kier molecular flexibility index (Phi) is 5.41. The van der Waals surface area contributed by atoms with Crippen molar-refractivity contribution in [3.63, 3.8) is 0 Å². The average molecular weight is 384 g/mol. The van der Waals surface area contributed by atoms with Crippen molar-refractivity contribution in [1.82, 2.24) is 10.2 Å². The van der Waals surface area contributed by atoms with Gasteiger partial charge in [0.05, 0.1) is 11.0 Å². The van der Waals surface area contributed by atoms with Gasteiger partial charge in [0.1, 0.15) is 10.8 Å². The summed E-state index contributed by atoms with van der Waals surface area (Å²) in [5, 5.41) is 22.3. The van der Waals surface area contributed by atoms with Crippen LogP contribution in [0.2, 0.25) is 0 Å². The highest BCUT2D eigenvalue weighted by Gasteiger charge is 2.14. The van der Waals surface area contributed by atoms with Gasteiger partial charge in [-0.2, -0.15) is 0 Å². The molecule has 8 nitrogen and oxygen atoms in total. The highest BCUT2D eigenvalue weighted by molar-refractivity contribution is 7.18. The molecule has 3 aromatic rings. The fraction of sp³-hybridized carbons (Fsp3) is 0.167. The topological polar surface area (TPSA) is 107 Å². The van der Waals surface area contributed by atoms with Crippen molar-refractivity contribution in [2.75, 3.05) is 5.32 Å². The van der Waals surface area contributed by atoms with Crippen LogP contribution >= 0.6 is 11.3 Å². The summed E-state index contributed by atoms with van der Waals surface area (Å²) in [4.78, 5) is 22.7. The lowest BCUT2D eigenvalue weighted by molar-refractivity contribution is -0.384. The number of nitrogens with zero attached hydrogens (tertiary/aromatic N) is 3. The van der Waals surface area contributed by atoms with Crippen LogP contribution in [0.3, 0.4) is 0 Å². The molecular weight excluding hydrogens is 368 g/mol. The van der Waals surface area contributed by atoms with E-state index in [0.717, 1.165) is 11.3 Å². The molecule has 1 heterocycles. The van der Waals surface area contributed by atoms with Gasteiger partial charge < -0.3 is 4.74 Å². The molecule has 0 spiro atoms. The second-order valence-electron chi connectivity index (χ2n) is 5.86. The minimum absolute atomic E-state index is 0.0306. The number of benzene rings is 2. The number of non-ortho nitro benzene ring substituents is 1. The van der Waals surface area contributed by atoms with E-state index in [-0.39, 0.29) is 17.7 Å². The monoisotopic (exact) mass is 384 g/mol. The molecule has 0 unspecified atom stereocenters. The molecular formula is C18H16N4O4S. The molecule has 0 radical (unpaired) electrons. The maximum atomic E-state index is 12.3. The number of carbonyl (C=O) groups is 1. The minimum atomic E-state index is -0.472. The molecule has 138 valence electrons. The average Bonchev–Trinajstić information content (AvgIpc) is 3.10. The van der Waals surface area contributed by atoms with Crippen molar-refractivity contribution in [2.45, 2.75) is 20.0 Å². The van der Waals surface area contributed by atoms with Crippen molar-refractivity contribution < 1.29 is 14.5 Å². The number of nitrogens with one attached hydrogen (secondary N) is 1. The summed E-state index contributed by atoms with van der Waals surface area (Å²) >= 11 is 1.14. The second-order valence-corrected chi connectivity index (χ2v) is 6.84. The lowest BCUT2D eigenvalue weighted by Crippen LogP contribution is -2.12. The summed E-state index contributed by atoms with van der Waals surface area (Å²) in [6, 6.07) is 12.9. The summed E-state index contributed by atoms with van der Waals surface area (Å²) in [5.41, 5.74) is 0.993. The number of hydrogen-bond donors (Lipinski definition) is 1. The SMILES string of the molecule is CC(C)Oc1ccc(C(=O)Nc2nnc(-c3cccc([N+](=O)[O-])c3)s2)cc1. The van der Waals surface area contributed by atoms with Crippen LogP contribution in [0.1, 0.15) is 24.2 Å². The minimum Gasteiger partial charge on any atom is -0.491 e. The van der Waals surface area contributed by atoms with E-state index in [4.69, 9.17) is 4.74 Å². The van der Waals surface area contributed by atoms with Gasteiger partial charge in [-0.1, -0.05) is 23.5 Å². The van der Waals surface area contributed by atoms with E-state index >= 15 is 0 Å². The predicted octanol–water partition coefficient (Wildman–Crippen LogP) is 4.15. The first-order chi connectivity index (χ1) is 12.9. The molecule has 27 heavy (non-hydrogen) atoms. The van der Waals surface area contributed by atoms with Crippen molar-refractivity contribution in [3.05, 3.63) is 64.2 Å². The zero-order valence-electron chi connectivity index (χ0n) is 14.6. The van der Waals surface area contributed by atoms with E-state index in [1.165, 1.54) is 12.1 Å². The Hall–Kier alpha value is -3.33. The molecule has 0 saturated carbocycles. The van der Waals surface area contributed by atoms with Crippen LogP contribution in [0.25, 0.3) is 10.6 Å². The fourth-order valence-electron chi connectivity index (χ4n) is 2.27. The molecule has 0 aliphatic heterocycles. The van der Waals surface area contributed by atoms with E-state index < -0.39 is 4.92 Å². The number of carbonyl (C=O) groups excluding carboxylic acids is 1. The van der Waals surface area contributed by atoms with E-state index in [2.05, 4.69) is 15.5 Å². The van der Waals surface area contributed by atoms with Gasteiger partial charge in [-0.25, -0.2) is 0 Å². The lowest BCUT2D eigenvalue weighted by Gasteiger charge is -2.09. The van der Waals surface area contributed by atoms with Gasteiger partial charge in [-0.05, 0) is 38.1 Å². The number of amides is 1. The smallest absolute Gasteiger partial charge is 0.270 e. The molecule has 1 N–H and O–H groups in total. The zero-order chi connectivity index (χ0) is 19.4. The molecule has 1 amide bonds. The first kappa shape index (κ1) is 18.5. The summed E-state index contributed by atoms with van der Waals surface area (Å²) < 4.78 is 5.55. The Morgan fingerprint density at radius 3 is 2.59 bits per heavy atom. The summed E-state index contributed by atoms with van der Waals surface area (Å²) in [6.45, 7) is 3.85. The lowest BCUT2D eigenvalue weighted by atomic mass is 10.2. The number of hydrogen-bond acceptors (Lipinski definition) is 7. The van der Waals surface area contributed by atoms with Crippen LogP contribution in [0.4, 0.5) is 10.8 Å². The number of rotatable bonds is 6. The third kappa shape index (κ3) is 4.64. The van der Waals surface area contributed by atoms with E-state index in [0.29, 0.717) is 27.0 Å². The maximum absolute atomic E-state index is 12.3. The van der Waals surface area contributed by atoms with Crippen LogP contribution in [-0.2, 0) is 0 Å². The second kappa shape index (κ2) is 7.92. The third-order valence-electron chi connectivity index (χ3n) is 3.44. The van der Waals surface area contributed by atoms with Crippen molar-refractivity contribution in [1.29, 1.82) is 0 Å². The van der Waals surface area contributed by atoms with E-state index in [1.807, 2.05) is 13.8 Å². The normalized spacial score (nSPS) is 10.6. The Balaban J connectivity index is 1.71. The molecule has 0 aliphatic carbocycles. The Morgan fingerprint density at radius 2 is 1.93 bits per heavy atom. The molecule has 2 aromatic carbocycles. The van der Waals surface area contributed by atoms with Gasteiger partial charge in [0.15, 0.2) is 0 Å². The van der Waals surface area contributed by atoms with E-state index in [1.54, 1.807) is 36.4 Å². The maximum Gasteiger partial charge on any atom is 0.270 e. The highest BCUT2D eigenvalue weighted by atomic mass is 32.1. The van der Waals surface area contributed by atoms with Gasteiger partial charge in [0, 0.05) is 23.3 Å². The summed E-state index contributed by atoms with van der Waals surface area (Å²) in [7, 11) is 0. The zero-order valence-corrected chi connectivity index (χ0v) is 15.4. The fourth-order valence-corrected chi connectivity index (χ4v) is 3.00. The molecule has 0 bridgehead atoms. The van der Waals surface area contributed by atoms with Crippen LogP contribution < -0.4 is 10.1 Å². The highest BCUT2D eigenvalue weighted by Crippen LogP contribution is 2.29. The standard InChI is InChI=1S/C18H16N4O4S/c1-11(2)26-15-8-6-12(7-9-15)16(23)19-18-21-20-17(27-18)13-4-3-5-14(10-13)22(24)25/h3-11H,1-2H3,(H,19,21,23). The van der Waals surface area contributed by atoms with Crippen LogP contribution in [0, 0.1) is 10.1 Å². The Labute approximate surface area is 159 Å². The van der Waals surface area contributed by atoms with Crippen LogP contribution in [0.15, 0.2) is 48.5 Å². The number of nitro groups is 1. The summed E-state index contributed by atoms with van der Waals surface area (Å²) in [5.74, 6) is 0.360. The quantitative estimate of drug-likeness (QED) is 0.505. The van der Waals surface area contributed by atoms with Crippen molar-refractivity contribution in [2.24, 2.45) is 0 Å². The largest absolute Gasteiger partial charge is 0.491 e. The first-order valence-corrected chi connectivity index (χ1v) is 8.90. The van der Waals surface area contributed by atoms with Gasteiger partial charge in [0.25, 0.3) is 11.6 Å². The molecule has 0 atom stereocenters. The molecule has 9 heteroatoms. The van der Waals surface area contributed by atoms with Gasteiger partial charge in [0.2, 0.25) is 5.13 Å². The number of anilines is 1. The number of aromatic nitrogens is 2. The van der Waals surface area contributed by atoms with Crippen molar-refractivity contribution in [3.8, 4) is 16.3 Å². The van der Waals surface area contributed by atoms with Crippen LogP contribution in [-0.4, -0.2) is 27.1 Å². The van der Waals surface area contributed by atoms with Gasteiger partial charge in [-0.15, -0.1) is 10.2 Å². The van der Waals surface area contributed by atoms with E-state index in [9.17, 15) is 14.9 Å². The molecule has 0 saturated heterocycles. The molecule has 1 aromatic heterocycles. The predicted molar refractivity (Wildman–Crippen MR) is 102 cm³/mol. The molecule has 0 aliphatic rings. The molecule has 0 fully saturated rings. The van der Waals surface area contributed by atoms with Crippen LogP contribution in [0.5, 0.6) is 5.75 Å². The Morgan fingerprint density at radius 1 is 1.19 bits per heavy atom. The van der Waals surface area contributed by atoms with Gasteiger partial charge in [-0.3, -0.25) is 20.2 Å². The number of nitro benzene ring substituents is 1. The molecule has 3 rings (SSSR count). The Bertz CT molecular complexity index is 970. The summed E-state index contributed by atoms with van der Waals surface area (Å²) in [6.07, 6.45) is 0.0540. The third-order valence-corrected chi connectivity index (χ3v) is 4.33.